The third-order valence-corrected chi connectivity index (χ3v) is 13.2. The summed E-state index contributed by atoms with van der Waals surface area (Å²) in [4.78, 5) is 54.9. The van der Waals surface area contributed by atoms with Crippen molar-refractivity contribution in [2.45, 2.75) is 64.1 Å². The number of benzene rings is 3. The molecule has 4 aliphatic heterocycles. The Morgan fingerprint density at radius 1 is 0.938 bits per heavy atom. The minimum Gasteiger partial charge on any atom is -0.494 e. The SMILES string of the molecule is [2H]C([2H])([2H])Oc1cc(N2CCC(N3CCN(CCc4ccc5c(c4)CN(C4CCC(=O)NC4=O)C5=O)CC3)CC2)c(CC)cc1Nc1ncc(Cl)c(Nc2cccc(OC([2H])([2H])[2H])c2NS(C)(=O)=O)n1. The van der Waals surface area contributed by atoms with E-state index in [0.717, 1.165) is 93.7 Å². The number of carbonyl (C=O) groups excluding carboxylic acids is 3. The number of rotatable bonds is 15. The lowest BCUT2D eigenvalue weighted by Gasteiger charge is -2.43. The Labute approximate surface area is 387 Å². The molecule has 1 unspecified atom stereocenters. The van der Waals surface area contributed by atoms with Gasteiger partial charge in [-0.25, -0.2) is 13.4 Å². The Morgan fingerprint density at radius 2 is 1.72 bits per heavy atom. The molecular formula is C45H55ClN10O7S. The molecule has 4 aliphatic rings. The largest absolute Gasteiger partial charge is 0.494 e. The van der Waals surface area contributed by atoms with Crippen LogP contribution in [0.4, 0.5) is 34.5 Å². The van der Waals surface area contributed by atoms with Crippen LogP contribution in [0.5, 0.6) is 11.5 Å². The van der Waals surface area contributed by atoms with E-state index in [0.29, 0.717) is 31.0 Å². The van der Waals surface area contributed by atoms with Crippen LogP contribution in [0, 0.1) is 0 Å². The van der Waals surface area contributed by atoms with Gasteiger partial charge in [-0.05, 0) is 73.1 Å². The average Bonchev–Trinajstić information content (AvgIpc) is 3.61. The van der Waals surface area contributed by atoms with E-state index < -0.39 is 36.0 Å². The lowest BCUT2D eigenvalue weighted by molar-refractivity contribution is -0.136. The summed E-state index contributed by atoms with van der Waals surface area (Å²) in [6.45, 7) is 8.51. The zero-order valence-corrected chi connectivity index (χ0v) is 37.2. The fourth-order valence-electron chi connectivity index (χ4n) is 9.04. The van der Waals surface area contributed by atoms with Gasteiger partial charge in [0.1, 0.15) is 28.3 Å². The number of carbonyl (C=O) groups is 3. The quantitative estimate of drug-likeness (QED) is 0.115. The Kier molecular flexibility index (Phi) is 11.3. The van der Waals surface area contributed by atoms with Crippen LogP contribution in [0.2, 0.25) is 5.02 Å². The summed E-state index contributed by atoms with van der Waals surface area (Å²) < 4.78 is 84.1. The number of hydrogen-bond donors (Lipinski definition) is 4. The molecular weight excluding hydrogens is 860 g/mol. The first-order chi connectivity index (χ1) is 33.1. The number of para-hydroxylation sites is 1. The lowest BCUT2D eigenvalue weighted by atomic mass is 9.99. The van der Waals surface area contributed by atoms with Gasteiger partial charge in [0.2, 0.25) is 27.8 Å². The number of hydrogen-bond acceptors (Lipinski definition) is 14. The van der Waals surface area contributed by atoms with Crippen LogP contribution < -0.4 is 35.0 Å². The van der Waals surface area contributed by atoms with Crippen LogP contribution in [0.25, 0.3) is 0 Å². The van der Waals surface area contributed by atoms with E-state index in [1.165, 1.54) is 24.4 Å². The molecule has 340 valence electrons. The summed E-state index contributed by atoms with van der Waals surface area (Å²) in [5, 5.41) is 8.39. The maximum atomic E-state index is 13.2. The molecule has 0 saturated carbocycles. The maximum Gasteiger partial charge on any atom is 0.255 e. The second kappa shape index (κ2) is 19.2. The molecule has 3 fully saturated rings. The molecule has 17 nitrogen and oxygen atoms in total. The third-order valence-electron chi connectivity index (χ3n) is 12.4. The molecule has 5 heterocycles. The molecule has 19 heteroatoms. The van der Waals surface area contributed by atoms with Crippen molar-refractivity contribution < 1.29 is 40.5 Å². The van der Waals surface area contributed by atoms with Crippen LogP contribution >= 0.6 is 11.6 Å². The van der Waals surface area contributed by atoms with Crippen molar-refractivity contribution in [2.24, 2.45) is 0 Å². The number of methoxy groups -OCH3 is 2. The van der Waals surface area contributed by atoms with Crippen molar-refractivity contribution in [3.8, 4) is 11.5 Å². The summed E-state index contributed by atoms with van der Waals surface area (Å²) in [6.07, 6.45) is 6.04. The number of sulfonamides is 1. The second-order valence-electron chi connectivity index (χ2n) is 16.5. The van der Waals surface area contributed by atoms with E-state index in [1.807, 2.05) is 25.1 Å². The Morgan fingerprint density at radius 3 is 2.45 bits per heavy atom. The number of anilines is 6. The maximum absolute atomic E-state index is 13.2. The minimum atomic E-state index is -3.91. The molecule has 0 spiro atoms. The first-order valence-corrected chi connectivity index (χ1v) is 23.6. The lowest BCUT2D eigenvalue weighted by Crippen LogP contribution is -2.53. The van der Waals surface area contributed by atoms with Crippen LogP contribution in [0.15, 0.2) is 54.7 Å². The zero-order valence-electron chi connectivity index (χ0n) is 41.6. The molecule has 0 aliphatic carbocycles. The van der Waals surface area contributed by atoms with Crippen LogP contribution in [0.3, 0.4) is 0 Å². The average molecular weight is 922 g/mol. The van der Waals surface area contributed by atoms with Crippen LogP contribution in [0.1, 0.15) is 67.9 Å². The second-order valence-corrected chi connectivity index (χ2v) is 18.6. The van der Waals surface area contributed by atoms with Gasteiger partial charge in [0.15, 0.2) is 5.82 Å². The Hall–Kier alpha value is -5.69. The van der Waals surface area contributed by atoms with Gasteiger partial charge in [-0.1, -0.05) is 36.7 Å². The molecule has 0 bridgehead atoms. The van der Waals surface area contributed by atoms with E-state index >= 15 is 0 Å². The molecule has 4 aromatic rings. The normalized spacial score (nSPS) is 20.5. The number of nitrogens with one attached hydrogen (secondary N) is 4. The number of amides is 3. The number of aromatic nitrogens is 2. The highest BCUT2D eigenvalue weighted by molar-refractivity contribution is 7.92. The standard InChI is InChI=1S/C45H55ClN10O7S/c1-5-29-24-35(49-45-47-26-33(46)42(51-45)48-34-7-6-8-38(62-2)41(34)52-64(4,60)61)39(63-3)25-37(29)55-17-14-31(15-18-55)54-21-19-53(20-22-54)16-13-28-9-10-32-30(23-28)27-56(44(32)59)36-11-12-40(57)50-43(36)58/h6-10,23-26,31,36,52H,5,11-22,27H2,1-4H3,(H,50,57,58)(H2,47,48,49,51)/i2D3,3D3. The van der Waals surface area contributed by atoms with Gasteiger partial charge in [-0.3, -0.25) is 29.3 Å². The van der Waals surface area contributed by atoms with Gasteiger partial charge < -0.3 is 34.8 Å². The molecule has 3 saturated heterocycles. The highest BCUT2D eigenvalue weighted by Crippen LogP contribution is 2.39. The zero-order chi connectivity index (χ0) is 50.1. The topological polar surface area (TPSA) is 191 Å². The van der Waals surface area contributed by atoms with Crippen LogP contribution in [-0.2, 0) is 39.0 Å². The molecule has 8 rings (SSSR count). The van der Waals surface area contributed by atoms with Gasteiger partial charge in [0, 0.05) is 82.1 Å². The molecule has 1 aromatic heterocycles. The monoisotopic (exact) mass is 920 g/mol. The van der Waals surface area contributed by atoms with E-state index in [-0.39, 0.29) is 63.6 Å². The van der Waals surface area contributed by atoms with Crippen LogP contribution in [-0.4, -0.2) is 129 Å². The predicted octanol–water partition coefficient (Wildman–Crippen LogP) is 5.16. The van der Waals surface area contributed by atoms with Gasteiger partial charge in [-0.2, -0.15) is 4.98 Å². The first-order valence-electron chi connectivity index (χ1n) is 24.3. The third kappa shape index (κ3) is 9.99. The number of piperidine rings is 2. The molecule has 3 amide bonds. The highest BCUT2D eigenvalue weighted by atomic mass is 35.5. The number of ether oxygens (including phenoxy) is 2. The number of halogens is 1. The predicted molar refractivity (Wildman–Crippen MR) is 247 cm³/mol. The van der Waals surface area contributed by atoms with E-state index in [1.54, 1.807) is 11.0 Å². The fourth-order valence-corrected chi connectivity index (χ4v) is 9.76. The molecule has 3 aromatic carbocycles. The van der Waals surface area contributed by atoms with E-state index in [2.05, 4.69) is 51.4 Å². The molecule has 0 radical (unpaired) electrons. The number of nitrogens with zero attached hydrogens (tertiary/aromatic N) is 6. The van der Waals surface area contributed by atoms with Crippen molar-refractivity contribution in [1.29, 1.82) is 0 Å². The smallest absolute Gasteiger partial charge is 0.255 e. The Balaban J connectivity index is 0.887. The number of piperazine rings is 1. The number of aryl methyl sites for hydroxylation is 1. The minimum absolute atomic E-state index is 0.00784. The van der Waals surface area contributed by atoms with Crippen molar-refractivity contribution >= 4 is 73.9 Å². The van der Waals surface area contributed by atoms with Crippen molar-refractivity contribution in [1.82, 2.24) is 30.0 Å². The first kappa shape index (κ1) is 37.7. The molecule has 4 N–H and O–H groups in total. The van der Waals surface area contributed by atoms with E-state index in [4.69, 9.17) is 29.3 Å². The van der Waals surface area contributed by atoms with E-state index in [9.17, 15) is 22.8 Å². The fraction of sp³-hybridized carbons (Fsp3) is 0.444. The van der Waals surface area contributed by atoms with Crippen molar-refractivity contribution in [2.75, 3.05) is 86.4 Å². The van der Waals surface area contributed by atoms with Gasteiger partial charge in [-0.15, -0.1) is 0 Å². The molecule has 64 heavy (non-hydrogen) atoms. The van der Waals surface area contributed by atoms with Crippen molar-refractivity contribution in [3.63, 3.8) is 0 Å². The van der Waals surface area contributed by atoms with Gasteiger partial charge in [0.25, 0.3) is 5.91 Å². The summed E-state index contributed by atoms with van der Waals surface area (Å²) in [5.74, 6) is -1.11. The summed E-state index contributed by atoms with van der Waals surface area (Å²) in [6, 6.07) is 13.5. The molecule has 1 atom stereocenters. The number of fused-ring (bicyclic) bond motifs is 1. The van der Waals surface area contributed by atoms with Crippen molar-refractivity contribution in [3.05, 3.63) is 82.0 Å². The van der Waals surface area contributed by atoms with Gasteiger partial charge >= 0.3 is 0 Å². The van der Waals surface area contributed by atoms with Gasteiger partial charge in [0.05, 0.1) is 46.1 Å². The summed E-state index contributed by atoms with van der Waals surface area (Å²) in [5.41, 5.74) is 4.62. The summed E-state index contributed by atoms with van der Waals surface area (Å²) in [7, 11) is -9.59. The number of imide groups is 1. The highest BCUT2D eigenvalue weighted by Gasteiger charge is 2.39. The summed E-state index contributed by atoms with van der Waals surface area (Å²) >= 11 is 6.49. The Bertz CT molecular complexity index is 2750.